The van der Waals surface area contributed by atoms with Gasteiger partial charge < -0.3 is 4.42 Å². The second-order valence-corrected chi connectivity index (χ2v) is 3.49. The van der Waals surface area contributed by atoms with Crippen LogP contribution in [-0.2, 0) is 24.7 Å². The average Bonchev–Trinajstić information content (AvgIpc) is 2.87. The molecular weight excluding hydrogens is 208 g/mol. The van der Waals surface area contributed by atoms with Crippen molar-refractivity contribution in [3.05, 3.63) is 30.0 Å². The van der Waals surface area contributed by atoms with E-state index in [0.29, 0.717) is 18.7 Å². The first-order chi connectivity index (χ1) is 7.74. The molecule has 0 saturated carbocycles. The second kappa shape index (κ2) is 4.69. The topological polar surface area (TPSA) is 73.8 Å². The number of Topliss-reactive ketones (excluding diaryl/α,β-unsaturated/α-hetero) is 1. The van der Waals surface area contributed by atoms with Gasteiger partial charge in [0, 0.05) is 12.8 Å². The van der Waals surface area contributed by atoms with E-state index in [1.807, 2.05) is 12.1 Å². The minimum atomic E-state index is 0.0874. The fourth-order valence-electron chi connectivity index (χ4n) is 1.38. The van der Waals surface area contributed by atoms with Crippen molar-refractivity contribution in [3.8, 4) is 0 Å². The Balaban J connectivity index is 1.81. The first-order valence-corrected chi connectivity index (χ1v) is 5.01. The van der Waals surface area contributed by atoms with Crippen molar-refractivity contribution in [2.75, 3.05) is 0 Å². The minimum absolute atomic E-state index is 0.0874. The summed E-state index contributed by atoms with van der Waals surface area (Å²) >= 11 is 0. The van der Waals surface area contributed by atoms with Gasteiger partial charge in [0.25, 0.3) is 0 Å². The monoisotopic (exact) mass is 220 g/mol. The van der Waals surface area contributed by atoms with Crippen molar-refractivity contribution >= 4 is 5.78 Å². The predicted octanol–water partition coefficient (Wildman–Crippen LogP) is 0.547. The first kappa shape index (κ1) is 10.5. The Morgan fingerprint density at radius 3 is 3.06 bits per heavy atom. The molecule has 0 saturated heterocycles. The van der Waals surface area contributed by atoms with Crippen LogP contribution in [0.5, 0.6) is 0 Å². The molecule has 0 fully saturated rings. The molecule has 0 amide bonds. The number of hydrogen-bond acceptors (Lipinski definition) is 5. The van der Waals surface area contributed by atoms with E-state index in [0.717, 1.165) is 5.76 Å². The first-order valence-electron chi connectivity index (χ1n) is 5.01. The van der Waals surface area contributed by atoms with E-state index in [2.05, 4.69) is 15.4 Å². The largest absolute Gasteiger partial charge is 0.469 e. The maximum absolute atomic E-state index is 11.6. The molecule has 0 spiro atoms. The maximum atomic E-state index is 11.6. The van der Waals surface area contributed by atoms with Gasteiger partial charge in [0.15, 0.2) is 5.82 Å². The Bertz CT molecular complexity index is 461. The summed E-state index contributed by atoms with van der Waals surface area (Å²) in [5.41, 5.74) is 0. The molecule has 6 nitrogen and oxygen atoms in total. The number of tetrazole rings is 1. The molecule has 0 aromatic carbocycles. The highest BCUT2D eigenvalue weighted by atomic mass is 16.3. The lowest BCUT2D eigenvalue weighted by Gasteiger charge is -1.95. The number of aryl methyl sites for hydroxylation is 2. The number of nitrogens with zero attached hydrogens (tertiary/aromatic N) is 4. The summed E-state index contributed by atoms with van der Waals surface area (Å²) in [7, 11) is 1.67. The molecule has 2 heterocycles. The summed E-state index contributed by atoms with van der Waals surface area (Å²) in [5.74, 6) is 1.37. The Morgan fingerprint density at radius 2 is 2.44 bits per heavy atom. The number of aromatic nitrogens is 4. The molecule has 6 heteroatoms. The van der Waals surface area contributed by atoms with E-state index in [1.165, 1.54) is 4.80 Å². The van der Waals surface area contributed by atoms with Crippen LogP contribution < -0.4 is 0 Å². The third-order valence-electron chi connectivity index (χ3n) is 2.14. The zero-order chi connectivity index (χ0) is 11.4. The van der Waals surface area contributed by atoms with Crippen LogP contribution in [-0.4, -0.2) is 26.0 Å². The van der Waals surface area contributed by atoms with Crippen LogP contribution in [0.2, 0.25) is 0 Å². The van der Waals surface area contributed by atoms with Crippen LogP contribution >= 0.6 is 0 Å². The Hall–Kier alpha value is -1.98. The smallest absolute Gasteiger partial charge is 0.182 e. The maximum Gasteiger partial charge on any atom is 0.182 e. The van der Waals surface area contributed by atoms with Gasteiger partial charge in [0.1, 0.15) is 11.5 Å². The van der Waals surface area contributed by atoms with Gasteiger partial charge in [-0.25, -0.2) is 0 Å². The van der Waals surface area contributed by atoms with Gasteiger partial charge in [-0.05, 0) is 17.3 Å². The van der Waals surface area contributed by atoms with Crippen LogP contribution in [0.1, 0.15) is 18.0 Å². The molecular formula is C10H12N4O2. The van der Waals surface area contributed by atoms with E-state index in [-0.39, 0.29) is 12.2 Å². The third-order valence-corrected chi connectivity index (χ3v) is 2.14. The number of carbonyl (C=O) groups is 1. The lowest BCUT2D eigenvalue weighted by Crippen LogP contribution is -2.06. The van der Waals surface area contributed by atoms with Crippen molar-refractivity contribution in [1.29, 1.82) is 0 Å². The highest BCUT2D eigenvalue weighted by Gasteiger charge is 2.09. The van der Waals surface area contributed by atoms with Crippen molar-refractivity contribution in [2.45, 2.75) is 19.3 Å². The average molecular weight is 220 g/mol. The van der Waals surface area contributed by atoms with Gasteiger partial charge in [-0.2, -0.15) is 4.80 Å². The van der Waals surface area contributed by atoms with E-state index in [1.54, 1.807) is 13.3 Å². The molecule has 0 unspecified atom stereocenters. The Labute approximate surface area is 92.3 Å². The van der Waals surface area contributed by atoms with Gasteiger partial charge in [-0.1, -0.05) is 0 Å². The quantitative estimate of drug-likeness (QED) is 0.735. The third kappa shape index (κ3) is 2.75. The van der Waals surface area contributed by atoms with Gasteiger partial charge in [0.2, 0.25) is 0 Å². The fraction of sp³-hybridized carbons (Fsp3) is 0.400. The second-order valence-electron chi connectivity index (χ2n) is 3.49. The lowest BCUT2D eigenvalue weighted by molar-refractivity contribution is -0.118. The van der Waals surface area contributed by atoms with Crippen molar-refractivity contribution in [1.82, 2.24) is 20.2 Å². The molecule has 2 rings (SSSR count). The number of ketones is 1. The van der Waals surface area contributed by atoms with E-state index < -0.39 is 0 Å². The van der Waals surface area contributed by atoms with Gasteiger partial charge >= 0.3 is 0 Å². The highest BCUT2D eigenvalue weighted by molar-refractivity contribution is 5.80. The van der Waals surface area contributed by atoms with E-state index >= 15 is 0 Å². The molecule has 0 atom stereocenters. The molecule has 0 radical (unpaired) electrons. The SMILES string of the molecule is Cn1nnc(CC(=O)CCc2ccco2)n1. The van der Waals surface area contributed by atoms with Crippen LogP contribution in [0.4, 0.5) is 0 Å². The number of furan rings is 1. The summed E-state index contributed by atoms with van der Waals surface area (Å²) in [6.45, 7) is 0. The molecule has 2 aromatic heterocycles. The van der Waals surface area contributed by atoms with Crippen LogP contribution in [0.15, 0.2) is 22.8 Å². The molecule has 0 bridgehead atoms. The van der Waals surface area contributed by atoms with Crippen molar-refractivity contribution < 1.29 is 9.21 Å². The number of carbonyl (C=O) groups excluding carboxylic acids is 1. The zero-order valence-corrected chi connectivity index (χ0v) is 8.96. The van der Waals surface area contributed by atoms with E-state index in [9.17, 15) is 4.79 Å². The van der Waals surface area contributed by atoms with Gasteiger partial charge in [-0.3, -0.25) is 4.79 Å². The van der Waals surface area contributed by atoms with Crippen molar-refractivity contribution in [2.24, 2.45) is 7.05 Å². The van der Waals surface area contributed by atoms with Crippen LogP contribution in [0.25, 0.3) is 0 Å². The predicted molar refractivity (Wildman–Crippen MR) is 54.5 cm³/mol. The molecule has 0 aliphatic rings. The van der Waals surface area contributed by atoms with Crippen LogP contribution in [0, 0.1) is 0 Å². The number of rotatable bonds is 5. The molecule has 2 aromatic rings. The van der Waals surface area contributed by atoms with E-state index in [4.69, 9.17) is 4.42 Å². The molecule has 0 aliphatic heterocycles. The van der Waals surface area contributed by atoms with Gasteiger partial charge in [-0.15, -0.1) is 10.2 Å². The minimum Gasteiger partial charge on any atom is -0.469 e. The molecule has 0 N–H and O–H groups in total. The Morgan fingerprint density at radius 1 is 1.56 bits per heavy atom. The number of hydrogen-bond donors (Lipinski definition) is 0. The normalized spacial score (nSPS) is 10.6. The van der Waals surface area contributed by atoms with Gasteiger partial charge in [0.05, 0.1) is 19.7 Å². The van der Waals surface area contributed by atoms with Crippen molar-refractivity contribution in [3.63, 3.8) is 0 Å². The van der Waals surface area contributed by atoms with Crippen LogP contribution in [0.3, 0.4) is 0 Å². The standard InChI is InChI=1S/C10H12N4O2/c1-14-12-10(11-13-14)7-8(15)4-5-9-3-2-6-16-9/h2-3,6H,4-5,7H2,1H3. The summed E-state index contributed by atoms with van der Waals surface area (Å²) in [6, 6.07) is 3.66. The summed E-state index contributed by atoms with van der Waals surface area (Å²) < 4.78 is 5.14. The summed E-state index contributed by atoms with van der Waals surface area (Å²) in [6.07, 6.45) is 2.89. The molecule has 16 heavy (non-hydrogen) atoms. The zero-order valence-electron chi connectivity index (χ0n) is 8.96. The highest BCUT2D eigenvalue weighted by Crippen LogP contribution is 2.05. The lowest BCUT2D eigenvalue weighted by atomic mass is 10.1. The summed E-state index contributed by atoms with van der Waals surface area (Å²) in [5, 5.41) is 11.4. The molecule has 84 valence electrons. The Kier molecular flexibility index (Phi) is 3.09. The molecule has 0 aliphatic carbocycles. The summed E-state index contributed by atoms with van der Waals surface area (Å²) in [4.78, 5) is 12.9. The fourth-order valence-corrected chi connectivity index (χ4v) is 1.38.